The van der Waals surface area contributed by atoms with Gasteiger partial charge in [0.2, 0.25) is 5.91 Å². The fourth-order valence-electron chi connectivity index (χ4n) is 2.42. The third-order valence-corrected chi connectivity index (χ3v) is 3.82. The van der Waals surface area contributed by atoms with Gasteiger partial charge in [-0.25, -0.2) is 0 Å². The summed E-state index contributed by atoms with van der Waals surface area (Å²) < 4.78 is 5.41. The minimum absolute atomic E-state index is 0.0759. The number of nitrogens with zero attached hydrogens (tertiary/aromatic N) is 1. The molecule has 1 aromatic rings. The van der Waals surface area contributed by atoms with Crippen molar-refractivity contribution in [1.82, 2.24) is 4.90 Å². The summed E-state index contributed by atoms with van der Waals surface area (Å²) in [4.78, 5) is 25.1. The molecule has 0 bridgehead atoms. The number of rotatable bonds is 3. The van der Waals surface area contributed by atoms with Gasteiger partial charge in [-0.05, 0) is 37.0 Å². The first-order chi connectivity index (χ1) is 9.60. The smallest absolute Gasteiger partial charge is 0.314 e. The lowest BCUT2D eigenvalue weighted by atomic mass is 9.97. The summed E-state index contributed by atoms with van der Waals surface area (Å²) in [7, 11) is 0. The van der Waals surface area contributed by atoms with Crippen LogP contribution in [0.3, 0.4) is 0 Å². The summed E-state index contributed by atoms with van der Waals surface area (Å²) in [5.41, 5.74) is 1.22. The molecule has 4 nitrogen and oxygen atoms in total. The number of aryl methyl sites for hydroxylation is 1. The van der Waals surface area contributed by atoms with Crippen LogP contribution in [-0.2, 0) is 16.0 Å². The lowest BCUT2D eigenvalue weighted by Crippen LogP contribution is -2.40. The molecule has 1 heterocycles. The minimum atomic E-state index is -0.183. The molecule has 0 atom stereocenters. The summed E-state index contributed by atoms with van der Waals surface area (Å²) in [5.74, 6) is 0.391. The number of esters is 1. The van der Waals surface area contributed by atoms with Gasteiger partial charge in [0.15, 0.2) is 0 Å². The standard InChI is InChI=1S/C16H21NO3/c1-3-13-4-6-15(7-5-13)20-16(19)14-8-10-17(11-9-14)12(2)18/h4-7,14H,3,8-11H2,1-2H3. The quantitative estimate of drug-likeness (QED) is 0.628. The highest BCUT2D eigenvalue weighted by atomic mass is 16.5. The average molecular weight is 275 g/mol. The molecule has 1 fully saturated rings. The molecule has 4 heteroatoms. The van der Waals surface area contributed by atoms with Gasteiger partial charge in [-0.15, -0.1) is 0 Å². The summed E-state index contributed by atoms with van der Waals surface area (Å²) in [6.07, 6.45) is 2.34. The Morgan fingerprint density at radius 1 is 1.20 bits per heavy atom. The van der Waals surface area contributed by atoms with Crippen LogP contribution in [0.15, 0.2) is 24.3 Å². The van der Waals surface area contributed by atoms with Crippen LogP contribution in [0.25, 0.3) is 0 Å². The number of piperidine rings is 1. The number of likely N-dealkylation sites (tertiary alicyclic amines) is 1. The molecule has 20 heavy (non-hydrogen) atoms. The molecule has 1 aromatic carbocycles. The number of hydrogen-bond acceptors (Lipinski definition) is 3. The number of benzene rings is 1. The molecule has 0 spiro atoms. The van der Waals surface area contributed by atoms with Crippen LogP contribution in [0.2, 0.25) is 0 Å². The third kappa shape index (κ3) is 3.59. The monoisotopic (exact) mass is 275 g/mol. The van der Waals surface area contributed by atoms with Crippen molar-refractivity contribution >= 4 is 11.9 Å². The Hall–Kier alpha value is -1.84. The summed E-state index contributed by atoms with van der Waals surface area (Å²) >= 11 is 0. The van der Waals surface area contributed by atoms with Gasteiger partial charge in [0, 0.05) is 20.0 Å². The molecule has 1 saturated heterocycles. The molecule has 2 rings (SSSR count). The van der Waals surface area contributed by atoms with Gasteiger partial charge >= 0.3 is 5.97 Å². The summed E-state index contributed by atoms with van der Waals surface area (Å²) in [6, 6.07) is 7.62. The van der Waals surface area contributed by atoms with Gasteiger partial charge in [0.25, 0.3) is 0 Å². The van der Waals surface area contributed by atoms with Crippen molar-refractivity contribution in [2.45, 2.75) is 33.1 Å². The van der Waals surface area contributed by atoms with Crippen LogP contribution in [-0.4, -0.2) is 29.9 Å². The highest BCUT2D eigenvalue weighted by molar-refractivity contribution is 5.76. The number of hydrogen-bond donors (Lipinski definition) is 0. The second-order valence-corrected chi connectivity index (χ2v) is 5.20. The van der Waals surface area contributed by atoms with Crippen molar-refractivity contribution < 1.29 is 14.3 Å². The largest absolute Gasteiger partial charge is 0.426 e. The highest BCUT2D eigenvalue weighted by Gasteiger charge is 2.27. The fourth-order valence-corrected chi connectivity index (χ4v) is 2.42. The van der Waals surface area contributed by atoms with Crippen molar-refractivity contribution in [2.75, 3.05) is 13.1 Å². The van der Waals surface area contributed by atoms with Gasteiger partial charge in [-0.3, -0.25) is 9.59 Å². The van der Waals surface area contributed by atoms with E-state index in [9.17, 15) is 9.59 Å². The van der Waals surface area contributed by atoms with Crippen LogP contribution in [0, 0.1) is 5.92 Å². The Morgan fingerprint density at radius 3 is 2.30 bits per heavy atom. The maximum atomic E-state index is 12.1. The molecule has 1 amide bonds. The first-order valence-electron chi connectivity index (χ1n) is 7.16. The maximum absolute atomic E-state index is 12.1. The van der Waals surface area contributed by atoms with E-state index in [1.54, 1.807) is 11.8 Å². The lowest BCUT2D eigenvalue weighted by Gasteiger charge is -2.29. The first kappa shape index (κ1) is 14.6. The first-order valence-corrected chi connectivity index (χ1v) is 7.16. The highest BCUT2D eigenvalue weighted by Crippen LogP contribution is 2.21. The van der Waals surface area contributed by atoms with E-state index in [0.29, 0.717) is 31.7 Å². The van der Waals surface area contributed by atoms with Gasteiger partial charge in [-0.2, -0.15) is 0 Å². The van der Waals surface area contributed by atoms with Crippen molar-refractivity contribution in [3.63, 3.8) is 0 Å². The van der Waals surface area contributed by atoms with E-state index in [0.717, 1.165) is 6.42 Å². The second-order valence-electron chi connectivity index (χ2n) is 5.20. The SMILES string of the molecule is CCc1ccc(OC(=O)C2CCN(C(C)=O)CC2)cc1. The van der Waals surface area contributed by atoms with E-state index >= 15 is 0 Å². The molecule has 0 unspecified atom stereocenters. The molecule has 108 valence electrons. The average Bonchev–Trinajstić information content (AvgIpc) is 2.48. The van der Waals surface area contributed by atoms with E-state index in [-0.39, 0.29) is 17.8 Å². The molecular formula is C16H21NO3. The van der Waals surface area contributed by atoms with E-state index < -0.39 is 0 Å². The van der Waals surface area contributed by atoms with Crippen molar-refractivity contribution in [1.29, 1.82) is 0 Å². The van der Waals surface area contributed by atoms with E-state index in [2.05, 4.69) is 6.92 Å². The van der Waals surface area contributed by atoms with E-state index in [1.807, 2.05) is 24.3 Å². The van der Waals surface area contributed by atoms with Crippen LogP contribution in [0.5, 0.6) is 5.75 Å². The van der Waals surface area contributed by atoms with Crippen molar-refractivity contribution in [3.05, 3.63) is 29.8 Å². The normalized spacial score (nSPS) is 16.0. The van der Waals surface area contributed by atoms with Crippen molar-refractivity contribution in [2.24, 2.45) is 5.92 Å². The van der Waals surface area contributed by atoms with E-state index in [1.165, 1.54) is 5.56 Å². The van der Waals surface area contributed by atoms with Crippen LogP contribution in [0.1, 0.15) is 32.3 Å². The van der Waals surface area contributed by atoms with Gasteiger partial charge < -0.3 is 9.64 Å². The van der Waals surface area contributed by atoms with Crippen LogP contribution in [0.4, 0.5) is 0 Å². The molecule has 1 aliphatic rings. The predicted octanol–water partition coefficient (Wildman–Crippen LogP) is 2.41. The summed E-state index contributed by atoms with van der Waals surface area (Å²) in [5, 5.41) is 0. The molecule has 0 aromatic heterocycles. The predicted molar refractivity (Wildman–Crippen MR) is 76.4 cm³/mol. The van der Waals surface area contributed by atoms with Gasteiger partial charge in [0.1, 0.15) is 5.75 Å². The second kappa shape index (κ2) is 6.55. The number of amides is 1. The Morgan fingerprint density at radius 2 is 1.80 bits per heavy atom. The fraction of sp³-hybridized carbons (Fsp3) is 0.500. The number of carbonyl (C=O) groups is 2. The zero-order chi connectivity index (χ0) is 14.5. The Kier molecular flexibility index (Phi) is 4.77. The van der Waals surface area contributed by atoms with Crippen LogP contribution >= 0.6 is 0 Å². The zero-order valence-electron chi connectivity index (χ0n) is 12.1. The Labute approximate surface area is 119 Å². The third-order valence-electron chi connectivity index (χ3n) is 3.82. The van der Waals surface area contributed by atoms with Crippen LogP contribution < -0.4 is 4.74 Å². The Bertz CT molecular complexity index is 473. The minimum Gasteiger partial charge on any atom is -0.426 e. The molecular weight excluding hydrogens is 254 g/mol. The molecule has 0 saturated carbocycles. The van der Waals surface area contributed by atoms with Gasteiger partial charge in [-0.1, -0.05) is 19.1 Å². The topological polar surface area (TPSA) is 46.6 Å². The molecule has 0 N–H and O–H groups in total. The zero-order valence-corrected chi connectivity index (χ0v) is 12.1. The van der Waals surface area contributed by atoms with Gasteiger partial charge in [0.05, 0.1) is 5.92 Å². The number of carbonyl (C=O) groups excluding carboxylic acids is 2. The lowest BCUT2D eigenvalue weighted by molar-refractivity contribution is -0.142. The Balaban J connectivity index is 1.87. The molecule has 0 aliphatic carbocycles. The van der Waals surface area contributed by atoms with Crippen molar-refractivity contribution in [3.8, 4) is 5.75 Å². The molecule has 1 aliphatic heterocycles. The maximum Gasteiger partial charge on any atom is 0.314 e. The summed E-state index contributed by atoms with van der Waals surface area (Å²) in [6.45, 7) is 4.94. The molecule has 0 radical (unpaired) electrons. The van der Waals surface area contributed by atoms with E-state index in [4.69, 9.17) is 4.74 Å². The number of ether oxygens (including phenoxy) is 1.